The number of aryl methyl sites for hydroxylation is 1. The molecule has 1 unspecified atom stereocenters. The Kier molecular flexibility index (Phi) is 4.98. The molecule has 0 amide bonds. The molecule has 1 heterocycles. The molecule has 0 aromatic heterocycles. The Hall–Kier alpha value is -0.730. The molecular weight excluding hydrogens is 270 g/mol. The van der Waals surface area contributed by atoms with Crippen molar-refractivity contribution in [2.24, 2.45) is 5.41 Å². The fourth-order valence-electron chi connectivity index (χ4n) is 3.04. The van der Waals surface area contributed by atoms with E-state index in [9.17, 15) is 0 Å². The summed E-state index contributed by atoms with van der Waals surface area (Å²) in [5, 5.41) is 4.27. The van der Waals surface area contributed by atoms with Gasteiger partial charge in [-0.1, -0.05) is 32.4 Å². The van der Waals surface area contributed by atoms with Crippen LogP contribution < -0.4 is 10.1 Å². The number of halogens is 1. The summed E-state index contributed by atoms with van der Waals surface area (Å²) in [4.78, 5) is 0. The number of ether oxygens (including phenoxy) is 1. The van der Waals surface area contributed by atoms with Gasteiger partial charge in [-0.3, -0.25) is 0 Å². The highest BCUT2D eigenvalue weighted by Crippen LogP contribution is 2.34. The molecule has 20 heavy (non-hydrogen) atoms. The minimum Gasteiger partial charge on any atom is -0.493 e. The molecule has 112 valence electrons. The molecule has 1 aliphatic heterocycles. The molecule has 1 atom stereocenters. The summed E-state index contributed by atoms with van der Waals surface area (Å²) in [6.07, 6.45) is 4.35. The van der Waals surface area contributed by atoms with Crippen molar-refractivity contribution in [1.29, 1.82) is 0 Å². The molecule has 0 bridgehead atoms. The second kappa shape index (κ2) is 6.36. The Bertz CT molecular complexity index is 465. The predicted octanol–water partition coefficient (Wildman–Crippen LogP) is 4.23. The van der Waals surface area contributed by atoms with Crippen molar-refractivity contribution in [2.75, 3.05) is 13.7 Å². The normalized spacial score (nSPS) is 15.8. The van der Waals surface area contributed by atoms with Crippen LogP contribution in [0.1, 0.15) is 44.7 Å². The Morgan fingerprint density at radius 2 is 2.10 bits per heavy atom. The van der Waals surface area contributed by atoms with Gasteiger partial charge >= 0.3 is 0 Å². The Morgan fingerprint density at radius 3 is 2.75 bits per heavy atom. The lowest BCUT2D eigenvalue weighted by Gasteiger charge is -2.30. The molecule has 1 aromatic rings. The molecule has 0 aliphatic carbocycles. The zero-order valence-corrected chi connectivity index (χ0v) is 13.8. The largest absolute Gasteiger partial charge is 0.493 e. The number of nitrogens with one attached hydrogen (secondary N) is 1. The monoisotopic (exact) mass is 295 g/mol. The molecule has 1 aliphatic rings. The van der Waals surface area contributed by atoms with Gasteiger partial charge in [0.2, 0.25) is 0 Å². The quantitative estimate of drug-likeness (QED) is 0.877. The van der Waals surface area contributed by atoms with E-state index >= 15 is 0 Å². The number of fused-ring (bicyclic) bond motifs is 1. The fourth-order valence-corrected chi connectivity index (χ4v) is 3.30. The van der Waals surface area contributed by atoms with Crippen molar-refractivity contribution in [3.05, 3.63) is 28.3 Å². The van der Waals surface area contributed by atoms with E-state index in [1.165, 1.54) is 17.5 Å². The zero-order valence-electron chi connectivity index (χ0n) is 13.1. The van der Waals surface area contributed by atoms with E-state index in [4.69, 9.17) is 16.3 Å². The molecule has 0 saturated heterocycles. The first-order valence-electron chi connectivity index (χ1n) is 7.53. The molecule has 2 rings (SSSR count). The highest BCUT2D eigenvalue weighted by molar-refractivity contribution is 6.30. The maximum absolute atomic E-state index is 6.20. The molecule has 2 nitrogen and oxygen atoms in total. The van der Waals surface area contributed by atoms with Gasteiger partial charge < -0.3 is 10.1 Å². The highest BCUT2D eigenvalue weighted by Gasteiger charge is 2.23. The van der Waals surface area contributed by atoms with E-state index in [-0.39, 0.29) is 0 Å². The standard InChI is InChI=1S/C17H26ClNO/c1-17(2,3)15(19-4)7-5-6-12-10-14(18)11-13-8-9-20-16(12)13/h10-11,15,19H,5-9H2,1-4H3. The highest BCUT2D eigenvalue weighted by atomic mass is 35.5. The number of hydrogen-bond acceptors (Lipinski definition) is 2. The number of rotatable bonds is 5. The molecule has 3 heteroatoms. The lowest BCUT2D eigenvalue weighted by Crippen LogP contribution is -2.37. The van der Waals surface area contributed by atoms with Gasteiger partial charge in [-0.25, -0.2) is 0 Å². The van der Waals surface area contributed by atoms with Crippen LogP contribution in [0.3, 0.4) is 0 Å². The van der Waals surface area contributed by atoms with Crippen LogP contribution in [0.4, 0.5) is 0 Å². The molecule has 0 fully saturated rings. The van der Waals surface area contributed by atoms with Crippen LogP contribution in [0.15, 0.2) is 12.1 Å². The van der Waals surface area contributed by atoms with E-state index in [0.717, 1.165) is 36.6 Å². The van der Waals surface area contributed by atoms with Crippen LogP contribution in [0.2, 0.25) is 5.02 Å². The van der Waals surface area contributed by atoms with Crippen LogP contribution in [-0.4, -0.2) is 19.7 Å². The maximum atomic E-state index is 6.20. The van der Waals surface area contributed by atoms with Gasteiger partial charge in [0.15, 0.2) is 0 Å². The molecule has 1 N–H and O–H groups in total. The van der Waals surface area contributed by atoms with Gasteiger partial charge in [0.05, 0.1) is 6.61 Å². The van der Waals surface area contributed by atoms with Crippen molar-refractivity contribution < 1.29 is 4.74 Å². The molecular formula is C17H26ClNO. The number of benzene rings is 1. The van der Waals surface area contributed by atoms with E-state index in [2.05, 4.69) is 39.2 Å². The van der Waals surface area contributed by atoms with Crippen LogP contribution in [0.25, 0.3) is 0 Å². The first-order valence-corrected chi connectivity index (χ1v) is 7.91. The molecule has 0 spiro atoms. The molecule has 1 aromatic carbocycles. The van der Waals surface area contributed by atoms with Crippen molar-refractivity contribution in [3.8, 4) is 5.75 Å². The minimum absolute atomic E-state index is 0.293. The Morgan fingerprint density at radius 1 is 1.35 bits per heavy atom. The Labute approximate surface area is 127 Å². The minimum atomic E-state index is 0.293. The van der Waals surface area contributed by atoms with Crippen LogP contribution in [0.5, 0.6) is 5.75 Å². The summed E-state index contributed by atoms with van der Waals surface area (Å²) >= 11 is 6.20. The van der Waals surface area contributed by atoms with E-state index in [1.807, 2.05) is 6.07 Å². The van der Waals surface area contributed by atoms with Crippen LogP contribution >= 0.6 is 11.6 Å². The van der Waals surface area contributed by atoms with Gasteiger partial charge in [-0.2, -0.15) is 0 Å². The van der Waals surface area contributed by atoms with E-state index < -0.39 is 0 Å². The van der Waals surface area contributed by atoms with Gasteiger partial charge in [0.25, 0.3) is 0 Å². The molecule has 0 radical (unpaired) electrons. The van der Waals surface area contributed by atoms with Gasteiger partial charge in [0, 0.05) is 17.5 Å². The molecule has 0 saturated carbocycles. The average Bonchev–Trinajstić information content (AvgIpc) is 2.80. The van der Waals surface area contributed by atoms with Gasteiger partial charge in [-0.05, 0) is 55.0 Å². The van der Waals surface area contributed by atoms with Gasteiger partial charge in [0.1, 0.15) is 5.75 Å². The second-order valence-electron chi connectivity index (χ2n) is 6.75. The number of hydrogen-bond donors (Lipinski definition) is 1. The fraction of sp³-hybridized carbons (Fsp3) is 0.647. The van der Waals surface area contributed by atoms with Crippen molar-refractivity contribution in [2.45, 2.75) is 52.5 Å². The summed E-state index contributed by atoms with van der Waals surface area (Å²) in [7, 11) is 2.05. The second-order valence-corrected chi connectivity index (χ2v) is 7.19. The van der Waals surface area contributed by atoms with Gasteiger partial charge in [-0.15, -0.1) is 0 Å². The first kappa shape index (κ1) is 15.7. The summed E-state index contributed by atoms with van der Waals surface area (Å²) in [5.74, 6) is 1.09. The third kappa shape index (κ3) is 3.67. The van der Waals surface area contributed by atoms with E-state index in [0.29, 0.717) is 11.5 Å². The summed E-state index contributed by atoms with van der Waals surface area (Å²) in [6.45, 7) is 7.65. The Balaban J connectivity index is 1.98. The zero-order chi connectivity index (χ0) is 14.8. The third-order valence-corrected chi connectivity index (χ3v) is 4.38. The average molecular weight is 296 g/mol. The maximum Gasteiger partial charge on any atom is 0.125 e. The predicted molar refractivity (Wildman–Crippen MR) is 85.9 cm³/mol. The van der Waals surface area contributed by atoms with Crippen molar-refractivity contribution in [1.82, 2.24) is 5.32 Å². The first-order chi connectivity index (χ1) is 9.41. The SMILES string of the molecule is CNC(CCCc1cc(Cl)cc2c1OCC2)C(C)(C)C. The lowest BCUT2D eigenvalue weighted by molar-refractivity contribution is 0.263. The summed E-state index contributed by atoms with van der Waals surface area (Å²) < 4.78 is 5.76. The van der Waals surface area contributed by atoms with Crippen molar-refractivity contribution in [3.63, 3.8) is 0 Å². The van der Waals surface area contributed by atoms with Crippen LogP contribution in [0, 0.1) is 5.41 Å². The summed E-state index contributed by atoms with van der Waals surface area (Å²) in [6, 6.07) is 4.64. The summed E-state index contributed by atoms with van der Waals surface area (Å²) in [5.41, 5.74) is 2.84. The third-order valence-electron chi connectivity index (χ3n) is 4.16. The van der Waals surface area contributed by atoms with E-state index in [1.54, 1.807) is 0 Å². The van der Waals surface area contributed by atoms with Crippen LogP contribution in [-0.2, 0) is 12.8 Å². The smallest absolute Gasteiger partial charge is 0.125 e. The van der Waals surface area contributed by atoms with Crippen molar-refractivity contribution >= 4 is 11.6 Å². The topological polar surface area (TPSA) is 21.3 Å². The lowest BCUT2D eigenvalue weighted by atomic mass is 9.83.